The minimum Gasteiger partial charge on any atom is -0.357 e. The number of aliphatic imine (C=N–C) groups is 1. The molecule has 7 heteroatoms. The molecule has 2 N–H and O–H groups in total. The summed E-state index contributed by atoms with van der Waals surface area (Å²) in [6.45, 7) is 17.9. The Balaban J connectivity index is 0.00000625. The summed E-state index contributed by atoms with van der Waals surface area (Å²) in [6, 6.07) is 0.407. The van der Waals surface area contributed by atoms with Crippen LogP contribution in [0.2, 0.25) is 0 Å². The molecule has 1 atom stereocenters. The molecule has 152 valence electrons. The van der Waals surface area contributed by atoms with Gasteiger partial charge in [0.25, 0.3) is 0 Å². The van der Waals surface area contributed by atoms with Gasteiger partial charge >= 0.3 is 0 Å². The van der Waals surface area contributed by atoms with Crippen LogP contribution < -0.4 is 10.6 Å². The van der Waals surface area contributed by atoms with Gasteiger partial charge in [-0.25, -0.2) is 4.99 Å². The van der Waals surface area contributed by atoms with Crippen molar-refractivity contribution < 1.29 is 0 Å². The van der Waals surface area contributed by atoms with Crippen LogP contribution in [0, 0.1) is 13.8 Å². The third-order valence-corrected chi connectivity index (χ3v) is 4.79. The van der Waals surface area contributed by atoms with Crippen molar-refractivity contribution in [2.75, 3.05) is 26.2 Å². The quantitative estimate of drug-likeness (QED) is 0.308. The van der Waals surface area contributed by atoms with Gasteiger partial charge in [0.2, 0.25) is 0 Å². The van der Waals surface area contributed by atoms with Gasteiger partial charge in [-0.05, 0) is 60.2 Å². The smallest absolute Gasteiger partial charge is 0.191 e. The maximum absolute atomic E-state index is 4.76. The lowest BCUT2D eigenvalue weighted by molar-refractivity contribution is 0.292. The van der Waals surface area contributed by atoms with E-state index in [1.54, 1.807) is 0 Å². The molecular formula is C19H39IN6. The average molecular weight is 478 g/mol. The van der Waals surface area contributed by atoms with Gasteiger partial charge in [-0.15, -0.1) is 24.0 Å². The predicted molar refractivity (Wildman–Crippen MR) is 123 cm³/mol. The summed E-state index contributed by atoms with van der Waals surface area (Å²) >= 11 is 0. The van der Waals surface area contributed by atoms with Crippen LogP contribution >= 0.6 is 24.0 Å². The zero-order chi connectivity index (χ0) is 18.8. The number of aryl methyl sites for hydroxylation is 2. The van der Waals surface area contributed by atoms with E-state index in [1.165, 1.54) is 24.2 Å². The third kappa shape index (κ3) is 8.24. The van der Waals surface area contributed by atoms with Crippen molar-refractivity contribution in [3.8, 4) is 0 Å². The normalized spacial score (nSPS) is 12.8. The predicted octanol–water partition coefficient (Wildman–Crippen LogP) is 3.22. The second-order valence-electron chi connectivity index (χ2n) is 6.68. The van der Waals surface area contributed by atoms with E-state index in [2.05, 4.69) is 55.3 Å². The van der Waals surface area contributed by atoms with Crippen molar-refractivity contribution in [2.24, 2.45) is 12.0 Å². The molecule has 1 heterocycles. The van der Waals surface area contributed by atoms with Crippen LogP contribution in [-0.4, -0.2) is 52.9 Å². The maximum Gasteiger partial charge on any atom is 0.191 e. The molecule has 6 nitrogen and oxygen atoms in total. The minimum absolute atomic E-state index is 0. The topological polar surface area (TPSA) is 57.5 Å². The van der Waals surface area contributed by atoms with E-state index in [0.29, 0.717) is 12.6 Å². The van der Waals surface area contributed by atoms with E-state index in [1.807, 2.05) is 18.7 Å². The summed E-state index contributed by atoms with van der Waals surface area (Å²) < 4.78 is 1.93. The minimum atomic E-state index is 0. The Kier molecular flexibility index (Phi) is 12.9. The van der Waals surface area contributed by atoms with Crippen molar-refractivity contribution in [1.29, 1.82) is 0 Å². The molecule has 1 unspecified atom stereocenters. The Bertz CT molecular complexity index is 536. The average Bonchev–Trinajstić information content (AvgIpc) is 2.82. The zero-order valence-corrected chi connectivity index (χ0v) is 20.1. The molecule has 0 fully saturated rings. The van der Waals surface area contributed by atoms with Crippen molar-refractivity contribution >= 4 is 29.9 Å². The molecule has 0 aromatic carbocycles. The SMILES string of the molecule is CCNC(=NCc1c(C)nn(C)c1C)NC(C)CCCN(CC)CC.I. The fourth-order valence-corrected chi connectivity index (χ4v) is 2.99. The number of hydrogen-bond acceptors (Lipinski definition) is 3. The van der Waals surface area contributed by atoms with E-state index < -0.39 is 0 Å². The fourth-order valence-electron chi connectivity index (χ4n) is 2.99. The first kappa shape index (κ1) is 25.2. The molecule has 0 aliphatic rings. The first-order chi connectivity index (χ1) is 11.9. The van der Waals surface area contributed by atoms with Gasteiger partial charge in [-0.2, -0.15) is 5.10 Å². The Labute approximate surface area is 177 Å². The molecule has 0 amide bonds. The number of halogens is 1. The van der Waals surface area contributed by atoms with E-state index in [0.717, 1.165) is 37.7 Å². The molecule has 0 aliphatic carbocycles. The number of aromatic nitrogens is 2. The summed E-state index contributed by atoms with van der Waals surface area (Å²) in [5, 5.41) is 11.4. The lowest BCUT2D eigenvalue weighted by Gasteiger charge is -2.21. The number of rotatable bonds is 10. The van der Waals surface area contributed by atoms with Gasteiger partial charge in [0, 0.05) is 30.9 Å². The molecule has 0 bridgehead atoms. The fraction of sp³-hybridized carbons (Fsp3) is 0.789. The van der Waals surface area contributed by atoms with E-state index >= 15 is 0 Å². The summed E-state index contributed by atoms with van der Waals surface area (Å²) in [5.41, 5.74) is 3.46. The van der Waals surface area contributed by atoms with Gasteiger partial charge in [-0.1, -0.05) is 13.8 Å². The molecular weight excluding hydrogens is 439 g/mol. The first-order valence-electron chi connectivity index (χ1n) is 9.69. The van der Waals surface area contributed by atoms with Gasteiger partial charge < -0.3 is 15.5 Å². The maximum atomic E-state index is 4.76. The largest absolute Gasteiger partial charge is 0.357 e. The molecule has 1 aromatic heterocycles. The highest BCUT2D eigenvalue weighted by Gasteiger charge is 2.10. The van der Waals surface area contributed by atoms with Crippen LogP contribution in [-0.2, 0) is 13.6 Å². The van der Waals surface area contributed by atoms with E-state index in [-0.39, 0.29) is 24.0 Å². The summed E-state index contributed by atoms with van der Waals surface area (Å²) in [6.07, 6.45) is 2.35. The highest BCUT2D eigenvalue weighted by molar-refractivity contribution is 14.0. The van der Waals surface area contributed by atoms with Gasteiger partial charge in [-0.3, -0.25) is 4.68 Å². The van der Waals surface area contributed by atoms with Crippen molar-refractivity contribution in [3.05, 3.63) is 17.0 Å². The summed E-state index contributed by atoms with van der Waals surface area (Å²) in [5.74, 6) is 0.889. The highest BCUT2D eigenvalue weighted by atomic mass is 127. The Morgan fingerprint density at radius 1 is 1.23 bits per heavy atom. The lowest BCUT2D eigenvalue weighted by atomic mass is 10.2. The lowest BCUT2D eigenvalue weighted by Crippen LogP contribution is -2.42. The number of guanidine groups is 1. The van der Waals surface area contributed by atoms with Crippen molar-refractivity contribution in [1.82, 2.24) is 25.3 Å². The second kappa shape index (κ2) is 13.4. The van der Waals surface area contributed by atoms with E-state index in [4.69, 9.17) is 4.99 Å². The van der Waals surface area contributed by atoms with Crippen molar-refractivity contribution in [2.45, 2.75) is 67.0 Å². The Hall–Kier alpha value is -0.830. The third-order valence-electron chi connectivity index (χ3n) is 4.79. The standard InChI is InChI=1S/C19H38N6.HI/c1-8-20-19(21-14-18-16(5)23-24(7)17(18)6)22-15(4)12-11-13-25(9-2)10-3;/h15H,8-14H2,1-7H3,(H2,20,21,22);1H. The van der Waals surface area contributed by atoms with Crippen LogP contribution in [0.1, 0.15) is 57.5 Å². The molecule has 1 rings (SSSR count). The number of hydrogen-bond donors (Lipinski definition) is 2. The van der Waals surface area contributed by atoms with Gasteiger partial charge in [0.15, 0.2) is 5.96 Å². The molecule has 0 saturated carbocycles. The molecule has 1 aromatic rings. The van der Waals surface area contributed by atoms with Gasteiger partial charge in [0.1, 0.15) is 0 Å². The number of nitrogens with one attached hydrogen (secondary N) is 2. The molecule has 26 heavy (non-hydrogen) atoms. The summed E-state index contributed by atoms with van der Waals surface area (Å²) in [4.78, 5) is 7.24. The molecule has 0 spiro atoms. The van der Waals surface area contributed by atoms with Crippen LogP contribution in [0.25, 0.3) is 0 Å². The highest BCUT2D eigenvalue weighted by Crippen LogP contribution is 2.12. The van der Waals surface area contributed by atoms with Crippen LogP contribution in [0.5, 0.6) is 0 Å². The zero-order valence-electron chi connectivity index (χ0n) is 17.7. The van der Waals surface area contributed by atoms with Gasteiger partial charge in [0.05, 0.1) is 12.2 Å². The molecule has 0 radical (unpaired) electrons. The monoisotopic (exact) mass is 478 g/mol. The Morgan fingerprint density at radius 2 is 1.88 bits per heavy atom. The van der Waals surface area contributed by atoms with Crippen LogP contribution in [0.3, 0.4) is 0 Å². The van der Waals surface area contributed by atoms with Crippen LogP contribution in [0.15, 0.2) is 4.99 Å². The second-order valence-corrected chi connectivity index (χ2v) is 6.68. The van der Waals surface area contributed by atoms with Crippen molar-refractivity contribution in [3.63, 3.8) is 0 Å². The first-order valence-corrected chi connectivity index (χ1v) is 9.69. The van der Waals surface area contributed by atoms with E-state index in [9.17, 15) is 0 Å². The molecule has 0 aliphatic heterocycles. The summed E-state index contributed by atoms with van der Waals surface area (Å²) in [7, 11) is 1.98. The Morgan fingerprint density at radius 3 is 2.38 bits per heavy atom. The number of nitrogens with zero attached hydrogens (tertiary/aromatic N) is 4. The van der Waals surface area contributed by atoms with Crippen LogP contribution in [0.4, 0.5) is 0 Å². The molecule has 0 saturated heterocycles.